The normalized spacial score (nSPS) is 39.5. The molecule has 5 rings (SSSR count). The Balaban J connectivity index is 1.19. The zero-order valence-corrected chi connectivity index (χ0v) is 27.4. The fraction of sp³-hybridized carbons (Fsp3) is 0.886. The molecule has 41 heavy (non-hydrogen) atoms. The number of thioether (sulfide) groups is 1. The molecule has 4 aliphatic carbocycles. The molecule has 0 spiro atoms. The maximum atomic E-state index is 13.0. The summed E-state index contributed by atoms with van der Waals surface area (Å²) in [6.45, 7) is 13.3. The van der Waals surface area contributed by atoms with Gasteiger partial charge in [-0.2, -0.15) is 0 Å². The van der Waals surface area contributed by atoms with E-state index >= 15 is 0 Å². The fourth-order valence-corrected chi connectivity index (χ4v) is 11.8. The number of hydrogen-bond acceptors (Lipinski definition) is 5. The third-order valence-electron chi connectivity index (χ3n) is 12.5. The number of nitrogens with zero attached hydrogens (tertiary/aromatic N) is 1. The zero-order chi connectivity index (χ0) is 29.4. The highest BCUT2D eigenvalue weighted by Crippen LogP contribution is 2.67. The molecule has 0 aromatic rings. The van der Waals surface area contributed by atoms with Crippen molar-refractivity contribution in [3.8, 4) is 0 Å². The van der Waals surface area contributed by atoms with E-state index in [4.69, 9.17) is 9.84 Å². The van der Waals surface area contributed by atoms with Gasteiger partial charge in [-0.15, -0.1) is 11.8 Å². The summed E-state index contributed by atoms with van der Waals surface area (Å²) in [4.78, 5) is 27.0. The van der Waals surface area contributed by atoms with Crippen LogP contribution in [0.25, 0.3) is 0 Å². The van der Waals surface area contributed by atoms with Crippen LogP contribution >= 0.6 is 11.8 Å². The molecule has 5 aliphatic rings. The Labute approximate surface area is 254 Å². The quantitative estimate of drug-likeness (QED) is 0.148. The summed E-state index contributed by atoms with van der Waals surface area (Å²) in [5.41, 5.74) is 2.50. The van der Waals surface area contributed by atoms with Gasteiger partial charge in [0.15, 0.2) is 0 Å². The molecule has 1 heterocycles. The molecule has 0 bridgehead atoms. The molecule has 5 nitrogen and oxygen atoms in total. The molecule has 0 radical (unpaired) electrons. The van der Waals surface area contributed by atoms with Crippen molar-refractivity contribution >= 4 is 23.6 Å². The number of aliphatic hydroxyl groups excluding tert-OH is 1. The Morgan fingerprint density at radius 3 is 2.59 bits per heavy atom. The molecule has 1 saturated heterocycles. The van der Waals surface area contributed by atoms with Crippen LogP contribution in [0.2, 0.25) is 0 Å². The average Bonchev–Trinajstić information content (AvgIpc) is 3.42. The minimum absolute atomic E-state index is 0.0422. The summed E-state index contributed by atoms with van der Waals surface area (Å²) >= 11 is 1.76. The van der Waals surface area contributed by atoms with Gasteiger partial charge in [0.1, 0.15) is 0 Å². The third kappa shape index (κ3) is 6.23. The molecule has 232 valence electrons. The van der Waals surface area contributed by atoms with Crippen LogP contribution < -0.4 is 0 Å². The molecule has 1 N–H and O–H groups in total. The molecule has 1 unspecified atom stereocenters. The lowest BCUT2D eigenvalue weighted by Crippen LogP contribution is -2.50. The van der Waals surface area contributed by atoms with Crippen molar-refractivity contribution in [2.24, 2.45) is 46.3 Å². The highest BCUT2D eigenvalue weighted by atomic mass is 32.2. The number of rotatable bonds is 12. The van der Waals surface area contributed by atoms with Crippen LogP contribution in [0.15, 0.2) is 11.6 Å². The topological polar surface area (TPSA) is 66.8 Å². The van der Waals surface area contributed by atoms with Gasteiger partial charge in [-0.25, -0.2) is 0 Å². The minimum atomic E-state index is -0.250. The van der Waals surface area contributed by atoms with Crippen LogP contribution in [0.5, 0.6) is 0 Å². The summed E-state index contributed by atoms with van der Waals surface area (Å²) in [6.07, 6.45) is 17.5. The number of imide groups is 1. The van der Waals surface area contributed by atoms with Gasteiger partial charge in [-0.1, -0.05) is 65.5 Å². The monoisotopic (exact) mass is 587 g/mol. The van der Waals surface area contributed by atoms with Crippen molar-refractivity contribution in [1.29, 1.82) is 0 Å². The number of likely N-dealkylation sites (tertiary alicyclic amines) is 1. The first-order valence-corrected chi connectivity index (χ1v) is 17.9. The van der Waals surface area contributed by atoms with Crippen LogP contribution in [0, 0.1) is 46.3 Å². The number of carbonyl (C=O) groups excluding carboxylic acids is 2. The second-order valence-corrected chi connectivity index (χ2v) is 16.7. The minimum Gasteiger partial charge on any atom is -0.394 e. The maximum absolute atomic E-state index is 13.0. The second kappa shape index (κ2) is 13.0. The number of hydrogen-bond donors (Lipinski definition) is 1. The molecule has 6 heteroatoms. The number of carbonyl (C=O) groups is 2. The molecule has 2 amide bonds. The highest BCUT2D eigenvalue weighted by Gasteiger charge is 2.59. The van der Waals surface area contributed by atoms with Gasteiger partial charge in [0.2, 0.25) is 11.8 Å². The summed E-state index contributed by atoms with van der Waals surface area (Å²) in [5.74, 6) is 5.00. The standard InChI is InChI=1S/C35H57NO4S/c1-23(2)7-6-8-24(3)28-11-12-29-27-10-9-25-21-26(13-15-34(25,4)30(27)14-16-35(28,29)5)41-31-22-32(38)36(33(31)39)17-19-40-20-18-37/h9,23-24,26-31,37H,6-8,10-22H2,1-5H3/t24-,26+,27+,28-,29+,30+,31?,34+,35-/m1/s1. The van der Waals surface area contributed by atoms with Crippen LogP contribution in [0.1, 0.15) is 112 Å². The Bertz CT molecular complexity index is 981. The molecule has 1 aliphatic heterocycles. The lowest BCUT2D eigenvalue weighted by atomic mass is 9.47. The average molecular weight is 588 g/mol. The fourth-order valence-electron chi connectivity index (χ4n) is 10.3. The number of amides is 2. The van der Waals surface area contributed by atoms with Gasteiger partial charge in [-0.3, -0.25) is 14.5 Å². The molecule has 4 fully saturated rings. The van der Waals surface area contributed by atoms with E-state index in [1.54, 1.807) is 17.3 Å². The largest absolute Gasteiger partial charge is 0.394 e. The van der Waals surface area contributed by atoms with Crippen molar-refractivity contribution in [1.82, 2.24) is 4.90 Å². The third-order valence-corrected chi connectivity index (χ3v) is 14.0. The number of ether oxygens (including phenoxy) is 1. The predicted octanol–water partition coefficient (Wildman–Crippen LogP) is 7.27. The number of fused-ring (bicyclic) bond motifs is 5. The molecule has 9 atom stereocenters. The maximum Gasteiger partial charge on any atom is 0.242 e. The molecule has 3 saturated carbocycles. The van der Waals surface area contributed by atoms with E-state index in [0.717, 1.165) is 48.3 Å². The Morgan fingerprint density at radius 2 is 1.83 bits per heavy atom. The zero-order valence-electron chi connectivity index (χ0n) is 26.5. The lowest BCUT2D eigenvalue weighted by Gasteiger charge is -2.58. The first-order valence-electron chi connectivity index (χ1n) is 17.0. The molecular weight excluding hydrogens is 530 g/mol. The van der Waals surface area contributed by atoms with Crippen LogP contribution in [0.3, 0.4) is 0 Å². The highest BCUT2D eigenvalue weighted by molar-refractivity contribution is 8.01. The van der Waals surface area contributed by atoms with E-state index in [9.17, 15) is 9.59 Å². The second-order valence-electron chi connectivity index (χ2n) is 15.2. The summed E-state index contributed by atoms with van der Waals surface area (Å²) < 4.78 is 5.30. The van der Waals surface area contributed by atoms with E-state index in [-0.39, 0.29) is 30.3 Å². The van der Waals surface area contributed by atoms with Crippen molar-refractivity contribution in [3.63, 3.8) is 0 Å². The Hall–Kier alpha value is -0.850. The summed E-state index contributed by atoms with van der Waals surface area (Å²) in [6, 6.07) is 0. The van der Waals surface area contributed by atoms with Gasteiger partial charge in [0.25, 0.3) is 0 Å². The summed E-state index contributed by atoms with van der Waals surface area (Å²) in [7, 11) is 0. The van der Waals surface area contributed by atoms with E-state index in [2.05, 4.69) is 40.7 Å². The van der Waals surface area contributed by atoms with Crippen molar-refractivity contribution in [2.75, 3.05) is 26.4 Å². The molecular formula is C35H57NO4S. The number of allylic oxidation sites excluding steroid dienone is 2. The Morgan fingerprint density at radius 1 is 1.02 bits per heavy atom. The van der Waals surface area contributed by atoms with Crippen molar-refractivity contribution in [2.45, 2.75) is 122 Å². The van der Waals surface area contributed by atoms with Crippen LogP contribution in [-0.2, 0) is 14.3 Å². The first-order chi connectivity index (χ1) is 19.6. The molecule has 0 aromatic carbocycles. The predicted molar refractivity (Wildman–Crippen MR) is 167 cm³/mol. The smallest absolute Gasteiger partial charge is 0.242 e. The van der Waals surface area contributed by atoms with Crippen molar-refractivity contribution in [3.05, 3.63) is 11.6 Å². The van der Waals surface area contributed by atoms with Crippen molar-refractivity contribution < 1.29 is 19.4 Å². The van der Waals surface area contributed by atoms with Gasteiger partial charge >= 0.3 is 0 Å². The number of aliphatic hydroxyl groups is 1. The lowest BCUT2D eigenvalue weighted by molar-refractivity contribution is -0.139. The van der Waals surface area contributed by atoms with Gasteiger partial charge < -0.3 is 9.84 Å². The van der Waals surface area contributed by atoms with E-state index in [1.807, 2.05) is 0 Å². The first kappa shape index (κ1) is 31.6. The van der Waals surface area contributed by atoms with E-state index in [1.165, 1.54) is 62.7 Å². The SMILES string of the molecule is CC(C)CCC[C@@H](C)[C@H]1CC[C@H]2[C@@H]3CC=C4C[C@@H](SC5CC(=O)N(CCOCCO)C5=O)CC[C@]4(C)[C@H]3CC[C@]12C. The van der Waals surface area contributed by atoms with Gasteiger partial charge in [-0.05, 0) is 97.7 Å². The molecule has 0 aromatic heterocycles. The Kier molecular flexibility index (Phi) is 10.0. The summed E-state index contributed by atoms with van der Waals surface area (Å²) in [5, 5.41) is 9.07. The van der Waals surface area contributed by atoms with Crippen LogP contribution in [-0.4, -0.2) is 58.7 Å². The van der Waals surface area contributed by atoms with Gasteiger partial charge in [0.05, 0.1) is 31.6 Å². The van der Waals surface area contributed by atoms with E-state index < -0.39 is 0 Å². The van der Waals surface area contributed by atoms with Crippen LogP contribution in [0.4, 0.5) is 0 Å². The van der Waals surface area contributed by atoms with E-state index in [0.29, 0.717) is 35.7 Å². The van der Waals surface area contributed by atoms with Gasteiger partial charge in [0, 0.05) is 11.7 Å².